The smallest absolute Gasteiger partial charge is 0.135 e. The summed E-state index contributed by atoms with van der Waals surface area (Å²) in [5.41, 5.74) is 7.45. The lowest BCUT2D eigenvalue weighted by molar-refractivity contribution is 0.669. The van der Waals surface area contributed by atoms with Gasteiger partial charge < -0.3 is 9.32 Å². The molecule has 8 aromatic rings. The molecular weight excluding hydrogens is 530 g/mol. The van der Waals surface area contributed by atoms with Crippen LogP contribution in [0.4, 0.5) is 17.1 Å². The second kappa shape index (κ2) is 9.27. The zero-order valence-corrected chi connectivity index (χ0v) is 22.9. The van der Waals surface area contributed by atoms with Crippen LogP contribution in [0.25, 0.3) is 53.2 Å². The lowest BCUT2D eigenvalue weighted by Gasteiger charge is -2.26. The molecule has 0 amide bonds. The molecule has 8 rings (SSSR count). The zero-order valence-electron chi connectivity index (χ0n) is 21.3. The van der Waals surface area contributed by atoms with Gasteiger partial charge in [0.1, 0.15) is 11.2 Å². The monoisotopic (exact) mass is 551 g/mol. The van der Waals surface area contributed by atoms with E-state index in [1.807, 2.05) is 18.2 Å². The number of halogens is 1. The Bertz CT molecular complexity index is 2190. The minimum atomic E-state index is 0.755. The molecule has 4 heteroatoms. The highest BCUT2D eigenvalue weighted by molar-refractivity contribution is 7.26. The van der Waals surface area contributed by atoms with Crippen LogP contribution in [0, 0.1) is 0 Å². The lowest BCUT2D eigenvalue weighted by atomic mass is 10.0. The number of anilines is 3. The molecule has 0 fully saturated rings. The molecule has 0 N–H and O–H groups in total. The molecule has 2 aromatic heterocycles. The Morgan fingerprint density at radius 2 is 1.27 bits per heavy atom. The quantitative estimate of drug-likeness (QED) is 0.216. The van der Waals surface area contributed by atoms with Gasteiger partial charge in [0.2, 0.25) is 0 Å². The number of para-hydroxylation sites is 1. The Hall–Kier alpha value is -4.57. The van der Waals surface area contributed by atoms with E-state index in [1.165, 1.54) is 31.3 Å². The summed E-state index contributed by atoms with van der Waals surface area (Å²) < 4.78 is 8.58. The molecule has 190 valence electrons. The second-order valence-corrected chi connectivity index (χ2v) is 11.4. The molecule has 0 radical (unpaired) electrons. The van der Waals surface area contributed by atoms with Crippen molar-refractivity contribution < 1.29 is 4.42 Å². The Balaban J connectivity index is 1.41. The third-order valence-corrected chi connectivity index (χ3v) is 8.94. The number of hydrogen-bond acceptors (Lipinski definition) is 3. The standard InChI is InChI=1S/C36H22ClNOS/c37-25-16-18-29-30-13-7-14-32(36(30)40-35(29)21-25)38(26-11-6-10-24(20-26)23-8-2-1-3-9-23)27-17-19-34-31(22-27)28-12-4-5-15-33(28)39-34/h1-22H. The molecule has 0 saturated heterocycles. The van der Waals surface area contributed by atoms with E-state index in [2.05, 4.69) is 120 Å². The number of thiophene rings is 1. The maximum Gasteiger partial charge on any atom is 0.135 e. The maximum atomic E-state index is 6.40. The Morgan fingerprint density at radius 3 is 2.20 bits per heavy atom. The van der Waals surface area contributed by atoms with Crippen molar-refractivity contribution in [3.63, 3.8) is 0 Å². The highest BCUT2D eigenvalue weighted by atomic mass is 35.5. The van der Waals surface area contributed by atoms with Gasteiger partial charge in [-0.1, -0.05) is 90.5 Å². The van der Waals surface area contributed by atoms with Crippen LogP contribution < -0.4 is 4.90 Å². The van der Waals surface area contributed by atoms with Crippen LogP contribution >= 0.6 is 22.9 Å². The van der Waals surface area contributed by atoms with E-state index in [9.17, 15) is 0 Å². The van der Waals surface area contributed by atoms with Gasteiger partial charge in [0.05, 0.1) is 10.4 Å². The molecule has 0 atom stereocenters. The molecule has 0 unspecified atom stereocenters. The highest BCUT2D eigenvalue weighted by Gasteiger charge is 2.20. The molecule has 40 heavy (non-hydrogen) atoms. The minimum absolute atomic E-state index is 0.755. The van der Waals surface area contributed by atoms with Gasteiger partial charge in [-0.05, 0) is 65.7 Å². The topological polar surface area (TPSA) is 16.4 Å². The molecule has 0 bridgehead atoms. The minimum Gasteiger partial charge on any atom is -0.456 e. The molecule has 0 spiro atoms. The number of rotatable bonds is 4. The predicted molar refractivity (Wildman–Crippen MR) is 172 cm³/mol. The Morgan fingerprint density at radius 1 is 0.525 bits per heavy atom. The second-order valence-electron chi connectivity index (χ2n) is 9.93. The van der Waals surface area contributed by atoms with E-state index in [0.717, 1.165) is 44.0 Å². The van der Waals surface area contributed by atoms with Crippen LogP contribution in [0.5, 0.6) is 0 Å². The Kier molecular flexibility index (Phi) is 5.41. The molecule has 2 nitrogen and oxygen atoms in total. The largest absolute Gasteiger partial charge is 0.456 e. The lowest BCUT2D eigenvalue weighted by Crippen LogP contribution is -2.10. The molecule has 0 aliphatic carbocycles. The van der Waals surface area contributed by atoms with E-state index in [0.29, 0.717) is 0 Å². The summed E-state index contributed by atoms with van der Waals surface area (Å²) in [6.07, 6.45) is 0. The van der Waals surface area contributed by atoms with Gasteiger partial charge in [-0.3, -0.25) is 0 Å². The van der Waals surface area contributed by atoms with E-state index >= 15 is 0 Å². The first kappa shape index (κ1) is 23.3. The van der Waals surface area contributed by atoms with E-state index in [-0.39, 0.29) is 0 Å². The van der Waals surface area contributed by atoms with Gasteiger partial charge in [0, 0.05) is 42.6 Å². The summed E-state index contributed by atoms with van der Waals surface area (Å²) in [5, 5.41) is 5.43. The summed E-state index contributed by atoms with van der Waals surface area (Å²) in [6.45, 7) is 0. The highest BCUT2D eigenvalue weighted by Crippen LogP contribution is 2.46. The van der Waals surface area contributed by atoms with E-state index in [4.69, 9.17) is 16.0 Å². The number of benzene rings is 6. The van der Waals surface area contributed by atoms with Crippen molar-refractivity contribution in [3.8, 4) is 11.1 Å². The van der Waals surface area contributed by atoms with Gasteiger partial charge in [-0.25, -0.2) is 0 Å². The summed E-state index contributed by atoms with van der Waals surface area (Å²) in [5.74, 6) is 0. The van der Waals surface area contributed by atoms with Gasteiger partial charge in [0.15, 0.2) is 0 Å². The molecule has 6 aromatic carbocycles. The van der Waals surface area contributed by atoms with Crippen LogP contribution in [-0.2, 0) is 0 Å². The van der Waals surface area contributed by atoms with Crippen LogP contribution in [0.1, 0.15) is 0 Å². The number of hydrogen-bond donors (Lipinski definition) is 0. The molecule has 0 aliphatic heterocycles. The van der Waals surface area contributed by atoms with Crippen molar-refractivity contribution in [2.24, 2.45) is 0 Å². The third kappa shape index (κ3) is 3.78. The van der Waals surface area contributed by atoms with E-state index < -0.39 is 0 Å². The van der Waals surface area contributed by atoms with Gasteiger partial charge in [-0.15, -0.1) is 11.3 Å². The van der Waals surface area contributed by atoms with Crippen molar-refractivity contribution >= 4 is 82.1 Å². The van der Waals surface area contributed by atoms with Crippen molar-refractivity contribution in [1.29, 1.82) is 0 Å². The summed E-state index contributed by atoms with van der Waals surface area (Å²) in [6, 6.07) is 46.8. The maximum absolute atomic E-state index is 6.40. The van der Waals surface area contributed by atoms with Crippen LogP contribution in [0.2, 0.25) is 5.02 Å². The summed E-state index contributed by atoms with van der Waals surface area (Å²) in [4.78, 5) is 2.37. The summed E-state index contributed by atoms with van der Waals surface area (Å²) >= 11 is 8.18. The molecular formula is C36H22ClNOS. The predicted octanol–water partition coefficient (Wildman–Crippen LogP) is 11.7. The van der Waals surface area contributed by atoms with Crippen molar-refractivity contribution in [1.82, 2.24) is 0 Å². The molecule has 0 aliphatic rings. The fraction of sp³-hybridized carbons (Fsp3) is 0. The van der Waals surface area contributed by atoms with Gasteiger partial charge >= 0.3 is 0 Å². The van der Waals surface area contributed by atoms with Crippen molar-refractivity contribution in [2.75, 3.05) is 4.90 Å². The fourth-order valence-electron chi connectivity index (χ4n) is 5.67. The number of furan rings is 1. The Labute approximate surface area is 240 Å². The fourth-order valence-corrected chi connectivity index (χ4v) is 7.15. The van der Waals surface area contributed by atoms with Crippen molar-refractivity contribution in [3.05, 3.63) is 138 Å². The summed E-state index contributed by atoms with van der Waals surface area (Å²) in [7, 11) is 0. The SMILES string of the molecule is Clc1ccc2c(c1)sc1c(N(c3cccc(-c4ccccc4)c3)c3ccc4oc5ccccc5c4c3)cccc12. The van der Waals surface area contributed by atoms with Crippen LogP contribution in [-0.4, -0.2) is 0 Å². The van der Waals surface area contributed by atoms with Crippen LogP contribution in [0.3, 0.4) is 0 Å². The first-order chi connectivity index (χ1) is 19.7. The molecule has 2 heterocycles. The third-order valence-electron chi connectivity index (χ3n) is 7.51. The van der Waals surface area contributed by atoms with E-state index in [1.54, 1.807) is 11.3 Å². The van der Waals surface area contributed by atoms with Gasteiger partial charge in [-0.2, -0.15) is 0 Å². The average Bonchev–Trinajstić information content (AvgIpc) is 3.56. The average molecular weight is 552 g/mol. The number of fused-ring (bicyclic) bond motifs is 6. The first-order valence-corrected chi connectivity index (χ1v) is 14.4. The molecule has 0 saturated carbocycles. The number of nitrogens with zero attached hydrogens (tertiary/aromatic N) is 1. The van der Waals surface area contributed by atoms with Gasteiger partial charge in [0.25, 0.3) is 0 Å². The normalized spacial score (nSPS) is 11.6. The van der Waals surface area contributed by atoms with Crippen molar-refractivity contribution in [2.45, 2.75) is 0 Å². The van der Waals surface area contributed by atoms with Crippen LogP contribution in [0.15, 0.2) is 138 Å². The first-order valence-electron chi connectivity index (χ1n) is 13.2. The zero-order chi connectivity index (χ0) is 26.6.